The van der Waals surface area contributed by atoms with Crippen LogP contribution in [0.5, 0.6) is 0 Å². The monoisotopic (exact) mass is 263 g/mol. The van der Waals surface area contributed by atoms with Crippen molar-refractivity contribution >= 4 is 12.3 Å². The van der Waals surface area contributed by atoms with Crippen LogP contribution in [-0.2, 0) is 14.3 Å². The molecule has 0 radical (unpaired) electrons. The van der Waals surface area contributed by atoms with E-state index in [0.717, 1.165) is 38.7 Å². The van der Waals surface area contributed by atoms with E-state index in [1.807, 2.05) is 0 Å². The summed E-state index contributed by atoms with van der Waals surface area (Å²) in [5, 5.41) is 0. The summed E-state index contributed by atoms with van der Waals surface area (Å²) in [5.74, 6) is 1.03. The summed E-state index contributed by atoms with van der Waals surface area (Å²) in [6, 6.07) is 0. The molecule has 1 heterocycles. The van der Waals surface area contributed by atoms with E-state index in [9.17, 15) is 9.59 Å². The van der Waals surface area contributed by atoms with Crippen molar-refractivity contribution < 1.29 is 14.3 Å². The third kappa shape index (κ3) is 2.59. The Morgan fingerprint density at radius 2 is 2.32 bits per heavy atom. The molecule has 0 N–H and O–H groups in total. The Morgan fingerprint density at radius 1 is 1.42 bits per heavy atom. The summed E-state index contributed by atoms with van der Waals surface area (Å²) in [6.45, 7) is 1.19. The van der Waals surface area contributed by atoms with Crippen LogP contribution in [0.25, 0.3) is 0 Å². The van der Waals surface area contributed by atoms with Gasteiger partial charge in [0, 0.05) is 12.5 Å². The fourth-order valence-corrected chi connectivity index (χ4v) is 3.74. The second-order valence-electron chi connectivity index (χ2n) is 5.99. The quantitative estimate of drug-likeness (QED) is 0.573. The first kappa shape index (κ1) is 12.9. The number of fused-ring (bicyclic) bond motifs is 2. The van der Waals surface area contributed by atoms with Crippen LogP contribution in [0.1, 0.15) is 32.1 Å². The molecular weight excluding hydrogens is 242 g/mol. The Morgan fingerprint density at radius 3 is 3.00 bits per heavy atom. The highest BCUT2D eigenvalue weighted by atomic mass is 16.5. The highest BCUT2D eigenvalue weighted by Gasteiger charge is 2.41. The van der Waals surface area contributed by atoms with Crippen molar-refractivity contribution in [3.63, 3.8) is 0 Å². The van der Waals surface area contributed by atoms with Crippen molar-refractivity contribution in [3.05, 3.63) is 12.2 Å². The summed E-state index contributed by atoms with van der Waals surface area (Å²) in [5.41, 5.74) is 0. The molecule has 3 aliphatic rings. The molecule has 19 heavy (non-hydrogen) atoms. The number of ether oxygens (including phenoxy) is 1. The first-order valence-corrected chi connectivity index (χ1v) is 7.32. The van der Waals surface area contributed by atoms with Crippen LogP contribution in [0, 0.1) is 17.8 Å². The van der Waals surface area contributed by atoms with Crippen molar-refractivity contribution in [1.29, 1.82) is 0 Å². The van der Waals surface area contributed by atoms with E-state index in [0.29, 0.717) is 24.8 Å². The SMILES string of the molecule is O=CN(CC1CCCO1)C(=O)[C@H]1C[C@H]2C=CC[C@@H]1C2. The van der Waals surface area contributed by atoms with Gasteiger partial charge in [-0.1, -0.05) is 12.2 Å². The first-order chi connectivity index (χ1) is 9.28. The molecule has 1 unspecified atom stereocenters. The molecule has 2 fully saturated rings. The van der Waals surface area contributed by atoms with Crippen LogP contribution < -0.4 is 0 Å². The summed E-state index contributed by atoms with van der Waals surface area (Å²) in [6.07, 6.45) is 10.2. The van der Waals surface area contributed by atoms with Gasteiger partial charge < -0.3 is 4.74 Å². The molecule has 4 atom stereocenters. The minimum absolute atomic E-state index is 0.0155. The predicted molar refractivity (Wildman–Crippen MR) is 70.2 cm³/mol. The molecule has 3 rings (SSSR count). The Kier molecular flexibility index (Phi) is 3.69. The summed E-state index contributed by atoms with van der Waals surface area (Å²) in [4.78, 5) is 25.1. The third-order valence-corrected chi connectivity index (χ3v) is 4.73. The van der Waals surface area contributed by atoms with Crippen LogP contribution in [-0.4, -0.2) is 36.5 Å². The van der Waals surface area contributed by atoms with Gasteiger partial charge >= 0.3 is 0 Å². The van der Waals surface area contributed by atoms with E-state index in [2.05, 4.69) is 12.2 Å². The molecule has 1 aliphatic heterocycles. The number of hydrogen-bond acceptors (Lipinski definition) is 3. The molecular formula is C15H21NO3. The van der Waals surface area contributed by atoms with E-state index in [1.54, 1.807) is 0 Å². The Balaban J connectivity index is 1.63. The van der Waals surface area contributed by atoms with Gasteiger partial charge in [0.15, 0.2) is 0 Å². The molecule has 1 saturated heterocycles. The number of rotatable bonds is 4. The normalized spacial score (nSPS) is 36.4. The molecule has 2 bridgehead atoms. The van der Waals surface area contributed by atoms with Crippen LogP contribution in [0.3, 0.4) is 0 Å². The fraction of sp³-hybridized carbons (Fsp3) is 0.733. The Labute approximate surface area is 113 Å². The molecule has 0 aromatic carbocycles. The lowest BCUT2D eigenvalue weighted by Gasteiger charge is -2.25. The first-order valence-electron chi connectivity index (χ1n) is 7.32. The number of carbonyl (C=O) groups excluding carboxylic acids is 2. The summed E-state index contributed by atoms with van der Waals surface area (Å²) in [7, 11) is 0. The maximum absolute atomic E-state index is 12.5. The van der Waals surface area contributed by atoms with Crippen LogP contribution in [0.4, 0.5) is 0 Å². The van der Waals surface area contributed by atoms with Crippen LogP contribution in [0.2, 0.25) is 0 Å². The largest absolute Gasteiger partial charge is 0.376 e. The zero-order valence-corrected chi connectivity index (χ0v) is 11.2. The summed E-state index contributed by atoms with van der Waals surface area (Å²) >= 11 is 0. The number of allylic oxidation sites excluding steroid dienone is 2. The average molecular weight is 263 g/mol. The number of amides is 2. The van der Waals surface area contributed by atoms with Gasteiger partial charge in [-0.05, 0) is 43.9 Å². The van der Waals surface area contributed by atoms with Gasteiger partial charge in [0.25, 0.3) is 0 Å². The lowest BCUT2D eigenvalue weighted by molar-refractivity contribution is -0.144. The molecule has 0 aromatic rings. The highest BCUT2D eigenvalue weighted by molar-refractivity contribution is 5.88. The maximum atomic E-state index is 12.5. The van der Waals surface area contributed by atoms with Gasteiger partial charge in [0.05, 0.1) is 12.6 Å². The molecule has 0 aromatic heterocycles. The lowest BCUT2D eigenvalue weighted by Crippen LogP contribution is -2.41. The molecule has 2 amide bonds. The Hall–Kier alpha value is -1.16. The zero-order valence-electron chi connectivity index (χ0n) is 11.2. The van der Waals surface area contributed by atoms with E-state index < -0.39 is 0 Å². The van der Waals surface area contributed by atoms with Gasteiger partial charge in [-0.2, -0.15) is 0 Å². The number of carbonyl (C=O) groups is 2. The van der Waals surface area contributed by atoms with Crippen molar-refractivity contribution in [2.75, 3.05) is 13.2 Å². The van der Waals surface area contributed by atoms with Gasteiger partial charge in [0.1, 0.15) is 0 Å². The van der Waals surface area contributed by atoms with Crippen molar-refractivity contribution in [3.8, 4) is 0 Å². The lowest BCUT2D eigenvalue weighted by atomic mass is 9.90. The average Bonchev–Trinajstić information content (AvgIpc) is 3.03. The molecule has 2 aliphatic carbocycles. The standard InChI is InChI=1S/C15H21NO3/c17-10-16(9-13-5-2-6-19-13)15(18)14-8-11-3-1-4-12(14)7-11/h1,3,10-14H,2,4-9H2/t11-,12+,13?,14-/m0/s1. The number of nitrogens with zero attached hydrogens (tertiary/aromatic N) is 1. The third-order valence-electron chi connectivity index (χ3n) is 4.73. The number of imide groups is 1. The topological polar surface area (TPSA) is 46.6 Å². The minimum Gasteiger partial charge on any atom is -0.376 e. The Bertz CT molecular complexity index is 387. The molecule has 4 heteroatoms. The molecule has 0 spiro atoms. The van der Waals surface area contributed by atoms with Gasteiger partial charge in [-0.25, -0.2) is 0 Å². The van der Waals surface area contributed by atoms with Crippen LogP contribution in [0.15, 0.2) is 12.2 Å². The fourth-order valence-electron chi connectivity index (χ4n) is 3.74. The summed E-state index contributed by atoms with van der Waals surface area (Å²) < 4.78 is 5.52. The van der Waals surface area contributed by atoms with E-state index in [4.69, 9.17) is 4.74 Å². The van der Waals surface area contributed by atoms with Gasteiger partial charge in [-0.3, -0.25) is 14.5 Å². The molecule has 1 saturated carbocycles. The molecule has 4 nitrogen and oxygen atoms in total. The van der Waals surface area contributed by atoms with Crippen molar-refractivity contribution in [1.82, 2.24) is 4.90 Å². The van der Waals surface area contributed by atoms with Crippen LogP contribution >= 0.6 is 0 Å². The van der Waals surface area contributed by atoms with Gasteiger partial charge in [-0.15, -0.1) is 0 Å². The van der Waals surface area contributed by atoms with E-state index >= 15 is 0 Å². The number of hydrogen-bond donors (Lipinski definition) is 0. The second-order valence-corrected chi connectivity index (χ2v) is 5.99. The highest BCUT2D eigenvalue weighted by Crippen LogP contribution is 2.43. The van der Waals surface area contributed by atoms with Crippen molar-refractivity contribution in [2.24, 2.45) is 17.8 Å². The van der Waals surface area contributed by atoms with E-state index in [1.165, 1.54) is 4.90 Å². The van der Waals surface area contributed by atoms with E-state index in [-0.39, 0.29) is 17.9 Å². The predicted octanol–water partition coefficient (Wildman–Crippen LogP) is 1.75. The zero-order chi connectivity index (χ0) is 13.2. The van der Waals surface area contributed by atoms with Crippen molar-refractivity contribution in [2.45, 2.75) is 38.2 Å². The minimum atomic E-state index is 0.0155. The smallest absolute Gasteiger partial charge is 0.232 e. The second kappa shape index (κ2) is 5.45. The molecule has 104 valence electrons. The maximum Gasteiger partial charge on any atom is 0.232 e. The van der Waals surface area contributed by atoms with Gasteiger partial charge in [0.2, 0.25) is 12.3 Å².